The molecule has 0 fully saturated rings. The predicted molar refractivity (Wildman–Crippen MR) is 84.4 cm³/mol. The molecule has 0 saturated carbocycles. The van der Waals surface area contributed by atoms with E-state index in [1.54, 1.807) is 0 Å². The van der Waals surface area contributed by atoms with Crippen LogP contribution in [0.4, 0.5) is 0 Å². The van der Waals surface area contributed by atoms with Gasteiger partial charge in [0, 0.05) is 5.56 Å². The fraction of sp³-hybridized carbons (Fsp3) is 0.647. The van der Waals surface area contributed by atoms with Crippen molar-refractivity contribution in [3.63, 3.8) is 0 Å². The molecule has 1 aromatic carbocycles. The minimum Gasteiger partial charge on any atom is -0.478 e. The summed E-state index contributed by atoms with van der Waals surface area (Å²) < 4.78 is 5.59. The van der Waals surface area contributed by atoms with E-state index in [1.807, 2.05) is 0 Å². The van der Waals surface area contributed by atoms with Gasteiger partial charge >= 0.3 is 0 Å². The summed E-state index contributed by atoms with van der Waals surface area (Å²) in [6.07, 6.45) is 2.19. The summed E-state index contributed by atoms with van der Waals surface area (Å²) in [5.74, 6) is 0.914. The smallest absolute Gasteiger partial charge is 0.162 e. The standard InChI is InChI=1S/C17H27ClO/c1-7-16(3,4)13-9-10-15(19-12-18)14(11-13)17(5,6)8-2/h9-11H,7-8,12H2,1-6H3. The summed E-state index contributed by atoms with van der Waals surface area (Å²) in [5, 5.41) is 0. The van der Waals surface area contributed by atoms with Crippen LogP contribution in [0.2, 0.25) is 0 Å². The van der Waals surface area contributed by atoms with Gasteiger partial charge in [-0.15, -0.1) is 0 Å². The van der Waals surface area contributed by atoms with Crippen molar-refractivity contribution in [3.8, 4) is 5.75 Å². The highest BCUT2D eigenvalue weighted by atomic mass is 35.5. The minimum absolute atomic E-state index is 0.0984. The van der Waals surface area contributed by atoms with E-state index in [1.165, 1.54) is 11.1 Å². The first kappa shape index (κ1) is 16.4. The summed E-state index contributed by atoms with van der Waals surface area (Å²) >= 11 is 5.74. The van der Waals surface area contributed by atoms with Crippen LogP contribution in [0.15, 0.2) is 18.2 Å². The van der Waals surface area contributed by atoms with Crippen LogP contribution in [0, 0.1) is 0 Å². The zero-order chi connectivity index (χ0) is 14.7. The monoisotopic (exact) mass is 282 g/mol. The Morgan fingerprint density at radius 2 is 1.58 bits per heavy atom. The molecule has 0 heterocycles. The van der Waals surface area contributed by atoms with Crippen LogP contribution in [0.1, 0.15) is 65.5 Å². The van der Waals surface area contributed by atoms with Crippen LogP contribution in [-0.4, -0.2) is 6.07 Å². The van der Waals surface area contributed by atoms with Crippen molar-refractivity contribution in [3.05, 3.63) is 29.3 Å². The van der Waals surface area contributed by atoms with E-state index in [4.69, 9.17) is 16.3 Å². The molecule has 0 aliphatic rings. The Labute approximate surface area is 123 Å². The third kappa shape index (κ3) is 3.66. The van der Waals surface area contributed by atoms with Crippen LogP contribution in [0.3, 0.4) is 0 Å². The lowest BCUT2D eigenvalue weighted by atomic mass is 9.76. The molecule has 19 heavy (non-hydrogen) atoms. The van der Waals surface area contributed by atoms with Gasteiger partial charge < -0.3 is 4.74 Å². The second kappa shape index (κ2) is 6.17. The van der Waals surface area contributed by atoms with Crippen LogP contribution in [0.5, 0.6) is 5.75 Å². The van der Waals surface area contributed by atoms with Crippen molar-refractivity contribution in [1.29, 1.82) is 0 Å². The van der Waals surface area contributed by atoms with Crippen LogP contribution < -0.4 is 4.74 Å². The Morgan fingerprint density at radius 1 is 1.00 bits per heavy atom. The average Bonchev–Trinajstić information content (AvgIpc) is 2.39. The molecule has 0 unspecified atom stereocenters. The number of halogens is 1. The second-order valence-corrected chi connectivity index (χ2v) is 6.66. The highest BCUT2D eigenvalue weighted by Gasteiger charge is 2.26. The third-order valence-corrected chi connectivity index (χ3v) is 4.58. The summed E-state index contributed by atoms with van der Waals surface area (Å²) in [7, 11) is 0. The molecular formula is C17H27ClO. The second-order valence-electron chi connectivity index (χ2n) is 6.44. The molecule has 0 radical (unpaired) electrons. The van der Waals surface area contributed by atoms with E-state index in [0.717, 1.165) is 18.6 Å². The van der Waals surface area contributed by atoms with Gasteiger partial charge in [-0.3, -0.25) is 0 Å². The van der Waals surface area contributed by atoms with Crippen molar-refractivity contribution in [2.75, 3.05) is 6.07 Å². The first-order valence-electron chi connectivity index (χ1n) is 7.12. The minimum atomic E-state index is 0.0984. The van der Waals surface area contributed by atoms with E-state index in [2.05, 4.69) is 59.7 Å². The molecular weight excluding hydrogens is 256 g/mol. The summed E-state index contributed by atoms with van der Waals surface area (Å²) in [5.41, 5.74) is 2.92. The molecule has 0 spiro atoms. The van der Waals surface area contributed by atoms with Crippen LogP contribution in [0.25, 0.3) is 0 Å². The lowest BCUT2D eigenvalue weighted by molar-refractivity contribution is 0.366. The average molecular weight is 283 g/mol. The number of hydrogen-bond acceptors (Lipinski definition) is 1. The molecule has 0 aliphatic heterocycles. The predicted octanol–water partition coefficient (Wildman–Crippen LogP) is 5.64. The number of ether oxygens (including phenoxy) is 1. The maximum atomic E-state index is 5.74. The molecule has 0 bridgehead atoms. The van der Waals surface area contributed by atoms with E-state index >= 15 is 0 Å². The molecule has 0 N–H and O–H groups in total. The zero-order valence-corrected chi connectivity index (χ0v) is 13.9. The Balaban J connectivity index is 3.34. The van der Waals surface area contributed by atoms with Gasteiger partial charge in [0.15, 0.2) is 6.07 Å². The number of hydrogen-bond donors (Lipinski definition) is 0. The highest BCUT2D eigenvalue weighted by molar-refractivity contribution is 6.17. The van der Waals surface area contributed by atoms with Gasteiger partial charge in [-0.1, -0.05) is 65.3 Å². The fourth-order valence-corrected chi connectivity index (χ4v) is 2.18. The maximum absolute atomic E-state index is 5.74. The van der Waals surface area contributed by atoms with Gasteiger partial charge in [0.05, 0.1) is 0 Å². The lowest BCUT2D eigenvalue weighted by Crippen LogP contribution is -2.21. The van der Waals surface area contributed by atoms with Crippen molar-refractivity contribution in [2.45, 2.75) is 65.2 Å². The SMILES string of the molecule is CCC(C)(C)c1ccc(OCCl)c(C(C)(C)CC)c1. The Hall–Kier alpha value is -0.690. The van der Waals surface area contributed by atoms with Crippen molar-refractivity contribution in [2.24, 2.45) is 0 Å². The Bertz CT molecular complexity index is 421. The first-order chi connectivity index (χ1) is 8.78. The van der Waals surface area contributed by atoms with Crippen LogP contribution in [-0.2, 0) is 10.8 Å². The highest BCUT2D eigenvalue weighted by Crippen LogP contribution is 2.38. The molecule has 0 aliphatic carbocycles. The Kier molecular flexibility index (Phi) is 5.32. The molecule has 1 aromatic rings. The Morgan fingerprint density at radius 3 is 2.05 bits per heavy atom. The summed E-state index contributed by atoms with van der Waals surface area (Å²) in [6.45, 7) is 13.5. The lowest BCUT2D eigenvalue weighted by Gasteiger charge is -2.30. The van der Waals surface area contributed by atoms with Gasteiger partial charge in [-0.05, 0) is 35.3 Å². The van der Waals surface area contributed by atoms with E-state index < -0.39 is 0 Å². The van der Waals surface area contributed by atoms with Crippen molar-refractivity contribution in [1.82, 2.24) is 0 Å². The van der Waals surface area contributed by atoms with E-state index in [9.17, 15) is 0 Å². The van der Waals surface area contributed by atoms with Gasteiger partial charge in [-0.2, -0.15) is 0 Å². The van der Waals surface area contributed by atoms with Crippen LogP contribution >= 0.6 is 11.6 Å². The van der Waals surface area contributed by atoms with Gasteiger partial charge in [0.1, 0.15) is 5.75 Å². The molecule has 0 saturated heterocycles. The van der Waals surface area contributed by atoms with Gasteiger partial charge in [0.2, 0.25) is 0 Å². The largest absolute Gasteiger partial charge is 0.478 e. The molecule has 1 nitrogen and oxygen atoms in total. The maximum Gasteiger partial charge on any atom is 0.162 e. The number of alkyl halides is 1. The van der Waals surface area contributed by atoms with Gasteiger partial charge in [-0.25, -0.2) is 0 Å². The number of rotatable bonds is 6. The topological polar surface area (TPSA) is 9.23 Å². The van der Waals surface area contributed by atoms with Crippen molar-refractivity contribution < 1.29 is 4.74 Å². The first-order valence-corrected chi connectivity index (χ1v) is 7.65. The summed E-state index contributed by atoms with van der Waals surface area (Å²) in [6, 6.07) is 6.74. The van der Waals surface area contributed by atoms with Gasteiger partial charge in [0.25, 0.3) is 0 Å². The third-order valence-electron chi connectivity index (χ3n) is 4.47. The fourth-order valence-electron chi connectivity index (χ4n) is 2.06. The quantitative estimate of drug-likeness (QED) is 0.614. The molecule has 108 valence electrons. The number of benzene rings is 1. The normalized spacial score (nSPS) is 12.6. The molecule has 0 aromatic heterocycles. The molecule has 1 rings (SSSR count). The van der Waals surface area contributed by atoms with E-state index in [-0.39, 0.29) is 16.9 Å². The molecule has 2 heteroatoms. The van der Waals surface area contributed by atoms with E-state index in [0.29, 0.717) is 0 Å². The van der Waals surface area contributed by atoms with Crippen molar-refractivity contribution >= 4 is 11.6 Å². The zero-order valence-electron chi connectivity index (χ0n) is 13.1. The summed E-state index contributed by atoms with van der Waals surface area (Å²) in [4.78, 5) is 0. The molecule has 0 atom stereocenters. The molecule has 0 amide bonds.